The average molecular weight is 364 g/mol. The van der Waals surface area contributed by atoms with Crippen molar-refractivity contribution in [3.63, 3.8) is 0 Å². The highest BCUT2D eigenvalue weighted by atomic mass is 32.2. The van der Waals surface area contributed by atoms with Gasteiger partial charge in [-0.3, -0.25) is 4.79 Å². The van der Waals surface area contributed by atoms with E-state index in [0.717, 1.165) is 10.5 Å². The summed E-state index contributed by atoms with van der Waals surface area (Å²) in [7, 11) is -3.69. The molecule has 0 aliphatic carbocycles. The topological polar surface area (TPSA) is 89.3 Å². The maximum atomic E-state index is 11.9. The van der Waals surface area contributed by atoms with Gasteiger partial charge in [-0.2, -0.15) is 0 Å². The number of primary sulfonamides is 1. The average Bonchev–Trinajstić information content (AvgIpc) is 2.53. The first kappa shape index (κ1) is 18.5. The van der Waals surface area contributed by atoms with E-state index in [1.54, 1.807) is 12.1 Å². The fourth-order valence-corrected chi connectivity index (χ4v) is 3.34. The minimum absolute atomic E-state index is 0.0582. The van der Waals surface area contributed by atoms with Crippen molar-refractivity contribution >= 4 is 27.7 Å². The predicted octanol–water partition coefficient (Wildman–Crippen LogP) is 2.36. The Balaban J connectivity index is 1.83. The molecule has 0 bridgehead atoms. The molecule has 1 amide bonds. The number of carbonyl (C=O) groups excluding carboxylic acids is 1. The second kappa shape index (κ2) is 7.83. The molecule has 2 rings (SSSR count). The van der Waals surface area contributed by atoms with Crippen LogP contribution in [0.15, 0.2) is 52.3 Å². The van der Waals surface area contributed by atoms with Gasteiger partial charge < -0.3 is 5.32 Å². The lowest BCUT2D eigenvalue weighted by atomic mass is 10.1. The number of sulfonamides is 1. The van der Waals surface area contributed by atoms with Crippen LogP contribution in [0.2, 0.25) is 0 Å². The standard InChI is InChI=1S/C17H20N2O3S2/c1-12-3-6-15(9-13(12)2)23-11-17(20)19-10-14-4-7-16(8-5-14)24(18,21)22/h3-9H,10-11H2,1-2H3,(H,19,20)(H2,18,21,22). The van der Waals surface area contributed by atoms with Gasteiger partial charge in [0.15, 0.2) is 0 Å². The Kier molecular flexibility index (Phi) is 6.04. The Morgan fingerprint density at radius 1 is 1.08 bits per heavy atom. The number of thioether (sulfide) groups is 1. The first-order chi connectivity index (χ1) is 11.3. The summed E-state index contributed by atoms with van der Waals surface area (Å²) in [6.45, 7) is 4.44. The smallest absolute Gasteiger partial charge is 0.238 e. The lowest BCUT2D eigenvalue weighted by Gasteiger charge is -2.07. The van der Waals surface area contributed by atoms with Crippen molar-refractivity contribution < 1.29 is 13.2 Å². The van der Waals surface area contributed by atoms with Crippen LogP contribution in [-0.4, -0.2) is 20.1 Å². The first-order valence-electron chi connectivity index (χ1n) is 7.34. The Morgan fingerprint density at radius 2 is 1.75 bits per heavy atom. The number of rotatable bonds is 6. The molecule has 24 heavy (non-hydrogen) atoms. The van der Waals surface area contributed by atoms with Crippen LogP contribution < -0.4 is 10.5 Å². The molecule has 128 valence electrons. The summed E-state index contributed by atoms with van der Waals surface area (Å²) in [5.74, 6) is 0.256. The van der Waals surface area contributed by atoms with Crippen LogP contribution in [0.4, 0.5) is 0 Å². The zero-order valence-electron chi connectivity index (χ0n) is 13.6. The number of nitrogens with two attached hydrogens (primary N) is 1. The molecule has 0 aliphatic rings. The van der Waals surface area contributed by atoms with Crippen LogP contribution in [0.5, 0.6) is 0 Å². The third-order valence-electron chi connectivity index (χ3n) is 3.59. The van der Waals surface area contributed by atoms with Gasteiger partial charge in [0.05, 0.1) is 10.6 Å². The Labute approximate surface area is 146 Å². The van der Waals surface area contributed by atoms with Gasteiger partial charge in [0.2, 0.25) is 15.9 Å². The Bertz CT molecular complexity index is 831. The van der Waals surface area contributed by atoms with Crippen LogP contribution >= 0.6 is 11.8 Å². The highest BCUT2D eigenvalue weighted by Crippen LogP contribution is 2.20. The molecule has 0 atom stereocenters. The second-order valence-electron chi connectivity index (χ2n) is 5.50. The number of amides is 1. The van der Waals surface area contributed by atoms with Crippen molar-refractivity contribution in [3.05, 3.63) is 59.2 Å². The molecule has 0 spiro atoms. The minimum Gasteiger partial charge on any atom is -0.351 e. The maximum Gasteiger partial charge on any atom is 0.238 e. The normalized spacial score (nSPS) is 11.3. The number of benzene rings is 2. The van der Waals surface area contributed by atoms with E-state index in [-0.39, 0.29) is 10.8 Å². The van der Waals surface area contributed by atoms with E-state index in [9.17, 15) is 13.2 Å². The minimum atomic E-state index is -3.69. The lowest BCUT2D eigenvalue weighted by molar-refractivity contribution is -0.118. The van der Waals surface area contributed by atoms with Gasteiger partial charge in [0, 0.05) is 11.4 Å². The number of hydrogen-bond donors (Lipinski definition) is 2. The van der Waals surface area contributed by atoms with Gasteiger partial charge in [-0.25, -0.2) is 13.6 Å². The van der Waals surface area contributed by atoms with Gasteiger partial charge in [-0.05, 0) is 54.8 Å². The number of hydrogen-bond acceptors (Lipinski definition) is 4. The Morgan fingerprint density at radius 3 is 2.33 bits per heavy atom. The van der Waals surface area contributed by atoms with Gasteiger partial charge >= 0.3 is 0 Å². The molecule has 3 N–H and O–H groups in total. The molecule has 0 saturated carbocycles. The fraction of sp³-hybridized carbons (Fsp3) is 0.235. The summed E-state index contributed by atoms with van der Waals surface area (Å²) in [6, 6.07) is 12.3. The molecule has 0 saturated heterocycles. The molecule has 0 heterocycles. The van der Waals surface area contributed by atoms with E-state index >= 15 is 0 Å². The largest absolute Gasteiger partial charge is 0.351 e. The molecule has 0 aromatic heterocycles. The van der Waals surface area contributed by atoms with Crippen LogP contribution in [0, 0.1) is 13.8 Å². The van der Waals surface area contributed by atoms with Gasteiger partial charge in [-0.1, -0.05) is 18.2 Å². The monoisotopic (exact) mass is 364 g/mol. The van der Waals surface area contributed by atoms with Crippen molar-refractivity contribution in [1.82, 2.24) is 5.32 Å². The van der Waals surface area contributed by atoms with Crippen molar-refractivity contribution in [2.24, 2.45) is 5.14 Å². The number of nitrogens with one attached hydrogen (secondary N) is 1. The van der Waals surface area contributed by atoms with Crippen LogP contribution in [0.1, 0.15) is 16.7 Å². The number of carbonyl (C=O) groups is 1. The summed E-state index contributed by atoms with van der Waals surface area (Å²) < 4.78 is 22.4. The van der Waals surface area contributed by atoms with Gasteiger partial charge in [0.1, 0.15) is 0 Å². The summed E-state index contributed by atoms with van der Waals surface area (Å²) >= 11 is 1.48. The second-order valence-corrected chi connectivity index (χ2v) is 8.11. The van der Waals surface area contributed by atoms with Gasteiger partial charge in [-0.15, -0.1) is 11.8 Å². The van der Waals surface area contributed by atoms with Crippen LogP contribution in [0.3, 0.4) is 0 Å². The molecule has 0 radical (unpaired) electrons. The van der Waals surface area contributed by atoms with E-state index in [0.29, 0.717) is 12.3 Å². The lowest BCUT2D eigenvalue weighted by Crippen LogP contribution is -2.24. The van der Waals surface area contributed by atoms with Crippen LogP contribution in [-0.2, 0) is 21.4 Å². The summed E-state index contributed by atoms with van der Waals surface area (Å²) in [5.41, 5.74) is 3.24. The predicted molar refractivity (Wildman–Crippen MR) is 96.3 cm³/mol. The summed E-state index contributed by atoms with van der Waals surface area (Å²) in [4.78, 5) is 13.0. The van der Waals surface area contributed by atoms with Crippen molar-refractivity contribution in [2.45, 2.75) is 30.2 Å². The highest BCUT2D eigenvalue weighted by Gasteiger charge is 2.08. The molecule has 2 aromatic carbocycles. The van der Waals surface area contributed by atoms with Crippen molar-refractivity contribution in [2.75, 3.05) is 5.75 Å². The zero-order chi connectivity index (χ0) is 17.7. The highest BCUT2D eigenvalue weighted by molar-refractivity contribution is 8.00. The Hall–Kier alpha value is -1.83. The molecule has 2 aromatic rings. The van der Waals surface area contributed by atoms with Crippen molar-refractivity contribution in [3.8, 4) is 0 Å². The van der Waals surface area contributed by atoms with Gasteiger partial charge in [0.25, 0.3) is 0 Å². The zero-order valence-corrected chi connectivity index (χ0v) is 15.2. The van der Waals surface area contributed by atoms with E-state index in [2.05, 4.69) is 18.3 Å². The third kappa shape index (κ3) is 5.36. The van der Waals surface area contributed by atoms with E-state index in [1.807, 2.05) is 19.1 Å². The van der Waals surface area contributed by atoms with Crippen LogP contribution in [0.25, 0.3) is 0 Å². The fourth-order valence-electron chi connectivity index (χ4n) is 2.00. The SMILES string of the molecule is Cc1ccc(SCC(=O)NCc2ccc(S(N)(=O)=O)cc2)cc1C. The third-order valence-corrected chi connectivity index (χ3v) is 5.51. The van der Waals surface area contributed by atoms with E-state index in [4.69, 9.17) is 5.14 Å². The summed E-state index contributed by atoms with van der Waals surface area (Å²) in [5, 5.41) is 7.86. The first-order valence-corrected chi connectivity index (χ1v) is 9.87. The quantitative estimate of drug-likeness (QED) is 0.770. The molecular formula is C17H20N2O3S2. The van der Waals surface area contributed by atoms with E-state index < -0.39 is 10.0 Å². The van der Waals surface area contributed by atoms with E-state index in [1.165, 1.54) is 35.0 Å². The summed E-state index contributed by atoms with van der Waals surface area (Å²) in [6.07, 6.45) is 0. The molecule has 0 aliphatic heterocycles. The molecular weight excluding hydrogens is 344 g/mol. The molecule has 5 nitrogen and oxygen atoms in total. The maximum absolute atomic E-state index is 11.9. The molecule has 0 unspecified atom stereocenters. The molecule has 7 heteroatoms. The number of aryl methyl sites for hydroxylation is 2. The van der Waals surface area contributed by atoms with Crippen molar-refractivity contribution in [1.29, 1.82) is 0 Å². The molecule has 0 fully saturated rings.